The predicted octanol–water partition coefficient (Wildman–Crippen LogP) is 3.78. The third-order valence-corrected chi connectivity index (χ3v) is 5.73. The topological polar surface area (TPSA) is 80.3 Å². The van der Waals surface area contributed by atoms with Crippen molar-refractivity contribution in [1.29, 1.82) is 0 Å². The average Bonchev–Trinajstić information content (AvgIpc) is 3.48. The van der Waals surface area contributed by atoms with E-state index < -0.39 is 0 Å². The lowest BCUT2D eigenvalue weighted by atomic mass is 10.0. The van der Waals surface area contributed by atoms with Crippen LogP contribution in [0.1, 0.15) is 47.6 Å². The van der Waals surface area contributed by atoms with Crippen molar-refractivity contribution in [3.8, 4) is 22.9 Å². The first-order chi connectivity index (χ1) is 14.7. The molecular formula is C23H24N4O3. The van der Waals surface area contributed by atoms with E-state index in [-0.39, 0.29) is 11.9 Å². The summed E-state index contributed by atoms with van der Waals surface area (Å²) in [5, 5.41) is 7.17. The molecule has 5 rings (SSSR count). The van der Waals surface area contributed by atoms with E-state index in [2.05, 4.69) is 15.2 Å². The maximum atomic E-state index is 13.3. The predicted molar refractivity (Wildman–Crippen MR) is 112 cm³/mol. The van der Waals surface area contributed by atoms with Crippen LogP contribution in [-0.4, -0.2) is 45.7 Å². The number of amides is 1. The lowest BCUT2D eigenvalue weighted by Gasteiger charge is -2.29. The largest absolute Gasteiger partial charge is 0.486 e. The summed E-state index contributed by atoms with van der Waals surface area (Å²) in [5.74, 6) is 3.07. The number of H-pyrrole nitrogens is 1. The Morgan fingerprint density at radius 1 is 1.17 bits per heavy atom. The van der Waals surface area contributed by atoms with E-state index in [0.29, 0.717) is 24.6 Å². The quantitative estimate of drug-likeness (QED) is 0.716. The molecule has 30 heavy (non-hydrogen) atoms. The summed E-state index contributed by atoms with van der Waals surface area (Å²) in [6.45, 7) is 3.85. The van der Waals surface area contributed by atoms with Crippen molar-refractivity contribution in [2.24, 2.45) is 0 Å². The number of para-hydroxylation sites is 1. The molecule has 154 valence electrons. The Kier molecular flexibility index (Phi) is 4.86. The molecule has 2 aliphatic heterocycles. The van der Waals surface area contributed by atoms with E-state index >= 15 is 0 Å². The summed E-state index contributed by atoms with van der Waals surface area (Å²) >= 11 is 0. The Balaban J connectivity index is 1.39. The molecule has 0 spiro atoms. The minimum atomic E-state index is -0.00561. The van der Waals surface area contributed by atoms with Crippen LogP contribution in [0.15, 0.2) is 42.5 Å². The molecule has 7 nitrogen and oxygen atoms in total. The number of carbonyl (C=O) groups is 1. The standard InChI is InChI=1S/C23H24N4O3/c1-2-20-24-22(26-25-20)15-8-10-16(11-9-15)23(28)27-12-4-6-18(27)17-5-3-7-19-21(17)30-14-13-29-19/h3,5,7-11,18H,2,4,6,12-14H2,1H3,(H,24,25,26). The number of fused-ring (bicyclic) bond motifs is 1. The fourth-order valence-corrected chi connectivity index (χ4v) is 4.20. The minimum absolute atomic E-state index is 0.00561. The number of hydrogen-bond acceptors (Lipinski definition) is 5. The molecule has 2 aromatic carbocycles. The number of nitrogens with zero attached hydrogens (tertiary/aromatic N) is 3. The Hall–Kier alpha value is -3.35. The van der Waals surface area contributed by atoms with Gasteiger partial charge in [-0.25, -0.2) is 4.98 Å². The number of aromatic nitrogens is 3. The Morgan fingerprint density at radius 2 is 2.00 bits per heavy atom. The Labute approximate surface area is 175 Å². The molecule has 0 aliphatic carbocycles. The highest BCUT2D eigenvalue weighted by molar-refractivity contribution is 5.95. The van der Waals surface area contributed by atoms with Gasteiger partial charge in [-0.15, -0.1) is 0 Å². The molecular weight excluding hydrogens is 380 g/mol. The first kappa shape index (κ1) is 18.7. The first-order valence-corrected chi connectivity index (χ1v) is 10.5. The number of aromatic amines is 1. The lowest BCUT2D eigenvalue weighted by molar-refractivity contribution is 0.0731. The van der Waals surface area contributed by atoms with Gasteiger partial charge in [0.1, 0.15) is 19.0 Å². The summed E-state index contributed by atoms with van der Waals surface area (Å²) in [6.07, 6.45) is 2.69. The highest BCUT2D eigenvalue weighted by Gasteiger charge is 2.34. The van der Waals surface area contributed by atoms with Crippen molar-refractivity contribution in [2.45, 2.75) is 32.2 Å². The van der Waals surface area contributed by atoms with Crippen LogP contribution in [0.5, 0.6) is 11.5 Å². The second-order valence-electron chi connectivity index (χ2n) is 7.56. The van der Waals surface area contributed by atoms with Crippen molar-refractivity contribution < 1.29 is 14.3 Å². The molecule has 0 saturated carbocycles. The molecule has 1 atom stereocenters. The fraction of sp³-hybridized carbons (Fsp3) is 0.348. The molecule has 1 amide bonds. The molecule has 1 aromatic heterocycles. The normalized spacial score (nSPS) is 17.9. The van der Waals surface area contributed by atoms with Gasteiger partial charge < -0.3 is 14.4 Å². The smallest absolute Gasteiger partial charge is 0.254 e. The molecule has 0 radical (unpaired) electrons. The summed E-state index contributed by atoms with van der Waals surface area (Å²) in [4.78, 5) is 19.7. The van der Waals surface area contributed by atoms with E-state index in [1.54, 1.807) is 0 Å². The van der Waals surface area contributed by atoms with Gasteiger partial charge in [0.15, 0.2) is 17.3 Å². The molecule has 1 saturated heterocycles. The van der Waals surface area contributed by atoms with Gasteiger partial charge in [-0.3, -0.25) is 9.89 Å². The molecule has 3 aromatic rings. The molecule has 1 N–H and O–H groups in total. The third kappa shape index (κ3) is 3.30. The molecule has 0 bridgehead atoms. The maximum Gasteiger partial charge on any atom is 0.254 e. The monoisotopic (exact) mass is 404 g/mol. The first-order valence-electron chi connectivity index (χ1n) is 10.5. The van der Waals surface area contributed by atoms with Gasteiger partial charge in [0.05, 0.1) is 6.04 Å². The Morgan fingerprint density at radius 3 is 2.80 bits per heavy atom. The molecule has 3 heterocycles. The van der Waals surface area contributed by atoms with Crippen LogP contribution in [0, 0.1) is 0 Å². The van der Waals surface area contributed by atoms with Crippen LogP contribution in [0.4, 0.5) is 0 Å². The van der Waals surface area contributed by atoms with Crippen LogP contribution >= 0.6 is 0 Å². The van der Waals surface area contributed by atoms with Crippen molar-refractivity contribution in [3.63, 3.8) is 0 Å². The zero-order chi connectivity index (χ0) is 20.5. The molecule has 7 heteroatoms. The van der Waals surface area contributed by atoms with Gasteiger partial charge in [-0.2, -0.15) is 5.10 Å². The number of ether oxygens (including phenoxy) is 2. The van der Waals surface area contributed by atoms with Crippen molar-refractivity contribution >= 4 is 5.91 Å². The van der Waals surface area contributed by atoms with Crippen molar-refractivity contribution in [2.75, 3.05) is 19.8 Å². The summed E-state index contributed by atoms with van der Waals surface area (Å²) in [5.41, 5.74) is 2.59. The number of nitrogens with one attached hydrogen (secondary N) is 1. The third-order valence-electron chi connectivity index (χ3n) is 5.73. The fourth-order valence-electron chi connectivity index (χ4n) is 4.20. The minimum Gasteiger partial charge on any atom is -0.486 e. The molecule has 2 aliphatic rings. The number of benzene rings is 2. The second-order valence-corrected chi connectivity index (χ2v) is 7.56. The van der Waals surface area contributed by atoms with Crippen LogP contribution in [-0.2, 0) is 6.42 Å². The highest BCUT2D eigenvalue weighted by Crippen LogP contribution is 2.43. The highest BCUT2D eigenvalue weighted by atomic mass is 16.6. The summed E-state index contributed by atoms with van der Waals surface area (Å²) in [7, 11) is 0. The zero-order valence-electron chi connectivity index (χ0n) is 16.9. The van der Waals surface area contributed by atoms with Crippen LogP contribution in [0.25, 0.3) is 11.4 Å². The van der Waals surface area contributed by atoms with E-state index in [1.807, 2.05) is 54.3 Å². The molecule has 1 unspecified atom stereocenters. The van der Waals surface area contributed by atoms with E-state index in [4.69, 9.17) is 9.47 Å². The van der Waals surface area contributed by atoms with Crippen molar-refractivity contribution in [1.82, 2.24) is 20.1 Å². The van der Waals surface area contributed by atoms with Crippen molar-refractivity contribution in [3.05, 3.63) is 59.4 Å². The van der Waals surface area contributed by atoms with Gasteiger partial charge in [-0.05, 0) is 31.0 Å². The second kappa shape index (κ2) is 7.82. The summed E-state index contributed by atoms with van der Waals surface area (Å²) < 4.78 is 11.6. The van der Waals surface area contributed by atoms with E-state index in [9.17, 15) is 4.79 Å². The number of hydrogen-bond donors (Lipinski definition) is 1. The number of likely N-dealkylation sites (tertiary alicyclic amines) is 1. The van der Waals surface area contributed by atoms with Gasteiger partial charge in [0.2, 0.25) is 0 Å². The van der Waals surface area contributed by atoms with Crippen LogP contribution in [0.2, 0.25) is 0 Å². The van der Waals surface area contributed by atoms with Crippen LogP contribution < -0.4 is 9.47 Å². The van der Waals surface area contributed by atoms with Gasteiger partial charge in [0, 0.05) is 29.7 Å². The van der Waals surface area contributed by atoms with Gasteiger partial charge in [-0.1, -0.05) is 31.2 Å². The zero-order valence-corrected chi connectivity index (χ0v) is 16.9. The Bertz CT molecular complexity index is 1060. The van der Waals surface area contributed by atoms with Gasteiger partial charge >= 0.3 is 0 Å². The SMILES string of the molecule is CCc1nc(-c2ccc(C(=O)N3CCCC3c3cccc4c3OCCO4)cc2)n[nH]1. The average molecular weight is 404 g/mol. The van der Waals surface area contributed by atoms with Gasteiger partial charge in [0.25, 0.3) is 5.91 Å². The lowest BCUT2D eigenvalue weighted by Crippen LogP contribution is -2.31. The maximum absolute atomic E-state index is 13.3. The van der Waals surface area contributed by atoms with E-state index in [0.717, 1.165) is 54.3 Å². The number of rotatable bonds is 4. The number of carbonyl (C=O) groups excluding carboxylic acids is 1. The summed E-state index contributed by atoms with van der Waals surface area (Å²) in [6, 6.07) is 13.5. The van der Waals surface area contributed by atoms with Crippen LogP contribution in [0.3, 0.4) is 0 Å². The molecule has 1 fully saturated rings. The van der Waals surface area contributed by atoms with E-state index in [1.165, 1.54) is 0 Å². The number of aryl methyl sites for hydroxylation is 1.